The Morgan fingerprint density at radius 3 is 2.29 bits per heavy atom. The van der Waals surface area contributed by atoms with E-state index in [-0.39, 0.29) is 50.7 Å². The van der Waals surface area contributed by atoms with Gasteiger partial charge in [0.05, 0.1) is 17.7 Å². The van der Waals surface area contributed by atoms with Gasteiger partial charge in [-0.25, -0.2) is 0 Å². The number of pyridine rings is 1. The molecular formula is C21H25N4O2Y. The van der Waals surface area contributed by atoms with Gasteiger partial charge in [-0.1, -0.05) is 56.3 Å². The number of nitrogens with zero attached hydrogens (tertiary/aromatic N) is 4. The summed E-state index contributed by atoms with van der Waals surface area (Å²) in [7, 11) is 0. The fraction of sp³-hybridized carbons (Fsp3) is 0.333. The summed E-state index contributed by atoms with van der Waals surface area (Å²) in [5, 5.41) is 4.78. The Morgan fingerprint density at radius 2 is 1.75 bits per heavy atom. The first-order valence-electron chi connectivity index (χ1n) is 8.91. The minimum atomic E-state index is 0. The zero-order valence-electron chi connectivity index (χ0n) is 17.0. The number of aromatic nitrogens is 3. The van der Waals surface area contributed by atoms with Crippen LogP contribution in [0, 0.1) is 19.2 Å². The molecular weight excluding hydrogens is 429 g/mol. The van der Waals surface area contributed by atoms with Crippen molar-refractivity contribution in [1.82, 2.24) is 20.0 Å². The smallest absolute Gasteiger partial charge is 0.458 e. The fourth-order valence-corrected chi connectivity index (χ4v) is 2.71. The Labute approximate surface area is 192 Å². The molecule has 0 saturated carbocycles. The molecule has 0 bridgehead atoms. The average molecular weight is 454 g/mol. The third-order valence-corrected chi connectivity index (χ3v) is 4.36. The second-order valence-electron chi connectivity index (χ2n) is 6.17. The van der Waals surface area contributed by atoms with Crippen LogP contribution in [-0.4, -0.2) is 38.0 Å². The van der Waals surface area contributed by atoms with Gasteiger partial charge < -0.3 is 27.2 Å². The molecule has 0 spiro atoms. The van der Waals surface area contributed by atoms with Crippen molar-refractivity contribution in [2.24, 2.45) is 0 Å². The molecule has 144 valence electrons. The van der Waals surface area contributed by atoms with E-state index in [1.165, 1.54) is 0 Å². The molecule has 2 atom stereocenters. The van der Waals surface area contributed by atoms with Crippen molar-refractivity contribution in [2.45, 2.75) is 46.7 Å². The number of fused-ring (bicyclic) bond motifs is 1. The number of benzene rings is 1. The predicted molar refractivity (Wildman–Crippen MR) is 105 cm³/mol. The zero-order valence-corrected chi connectivity index (χ0v) is 19.8. The van der Waals surface area contributed by atoms with Crippen LogP contribution in [0.4, 0.5) is 0 Å². The molecule has 6 nitrogen and oxygen atoms in total. The van der Waals surface area contributed by atoms with Crippen molar-refractivity contribution in [3.05, 3.63) is 55.6 Å². The van der Waals surface area contributed by atoms with E-state index in [2.05, 4.69) is 26.0 Å². The summed E-state index contributed by atoms with van der Waals surface area (Å²) < 4.78 is 4.55. The number of carbonyl (C=O) groups is 1. The van der Waals surface area contributed by atoms with Crippen LogP contribution in [0.5, 0.6) is 0 Å². The fourth-order valence-electron chi connectivity index (χ4n) is 2.71. The van der Waals surface area contributed by atoms with Gasteiger partial charge in [0.1, 0.15) is 0 Å². The van der Waals surface area contributed by atoms with E-state index in [0.717, 1.165) is 10.9 Å². The monoisotopic (exact) mass is 454 g/mol. The van der Waals surface area contributed by atoms with E-state index in [1.807, 2.05) is 81.8 Å². The topological polar surface area (TPSA) is 72.1 Å². The molecule has 1 aromatic carbocycles. The SMILES string of the molecule is C[CH-]C(C)N(C(C)=O)C(C)[CH-]C.[Y+3].[c-]1nc(-c2ccc3ccccc3n2)no1. The largest absolute Gasteiger partial charge is 3.00 e. The van der Waals surface area contributed by atoms with Crippen molar-refractivity contribution in [2.75, 3.05) is 0 Å². The van der Waals surface area contributed by atoms with E-state index >= 15 is 0 Å². The van der Waals surface area contributed by atoms with Gasteiger partial charge in [-0.15, -0.1) is 0 Å². The van der Waals surface area contributed by atoms with E-state index in [4.69, 9.17) is 0 Å². The van der Waals surface area contributed by atoms with Crippen molar-refractivity contribution in [3.8, 4) is 11.5 Å². The van der Waals surface area contributed by atoms with Gasteiger partial charge in [0.25, 0.3) is 0 Å². The number of carbonyl (C=O) groups excluding carboxylic acids is 1. The van der Waals surface area contributed by atoms with Crippen LogP contribution in [0.25, 0.3) is 22.4 Å². The minimum Gasteiger partial charge on any atom is -0.458 e. The first kappa shape index (κ1) is 24.4. The molecule has 0 aliphatic heterocycles. The molecule has 0 saturated heterocycles. The second-order valence-corrected chi connectivity index (χ2v) is 6.17. The number of rotatable bonds is 5. The molecule has 0 fully saturated rings. The van der Waals surface area contributed by atoms with Crippen LogP contribution in [0.1, 0.15) is 34.6 Å². The number of hydrogen-bond acceptors (Lipinski definition) is 5. The average Bonchev–Trinajstić information content (AvgIpc) is 3.22. The molecule has 3 aromatic rings. The summed E-state index contributed by atoms with van der Waals surface area (Å²) >= 11 is 0. The third kappa shape index (κ3) is 6.45. The maximum atomic E-state index is 11.2. The molecule has 0 aliphatic rings. The first-order valence-corrected chi connectivity index (χ1v) is 8.91. The number of amides is 1. The molecule has 2 unspecified atom stereocenters. The number of para-hydroxylation sites is 1. The Kier molecular flexibility index (Phi) is 10.5. The van der Waals surface area contributed by atoms with Gasteiger partial charge in [0, 0.05) is 18.0 Å². The molecule has 7 heteroatoms. The van der Waals surface area contributed by atoms with Gasteiger partial charge in [-0.2, -0.15) is 19.0 Å². The maximum absolute atomic E-state index is 11.2. The Bertz CT molecular complexity index is 844. The van der Waals surface area contributed by atoms with Crippen LogP contribution < -0.4 is 0 Å². The molecule has 0 N–H and O–H groups in total. The molecule has 1 amide bonds. The van der Waals surface area contributed by atoms with Gasteiger partial charge in [-0.3, -0.25) is 9.78 Å². The summed E-state index contributed by atoms with van der Waals surface area (Å²) in [6, 6.07) is 12.2. The summed E-state index contributed by atoms with van der Waals surface area (Å²) in [5.74, 6) is 0.590. The van der Waals surface area contributed by atoms with Crippen LogP contribution in [0.15, 0.2) is 40.9 Å². The molecule has 3 rings (SSSR count). The zero-order chi connectivity index (χ0) is 19.8. The van der Waals surface area contributed by atoms with E-state index in [9.17, 15) is 4.79 Å². The minimum absolute atomic E-state index is 0. The first-order chi connectivity index (χ1) is 13.0. The normalized spacial score (nSPS) is 12.3. The maximum Gasteiger partial charge on any atom is 3.00 e. The van der Waals surface area contributed by atoms with Crippen LogP contribution in [0.2, 0.25) is 0 Å². The van der Waals surface area contributed by atoms with Crippen molar-refractivity contribution >= 4 is 16.8 Å². The molecule has 0 radical (unpaired) electrons. The van der Waals surface area contributed by atoms with Crippen LogP contribution >= 0.6 is 0 Å². The molecule has 2 aromatic heterocycles. The Hall–Kier alpha value is -1.66. The van der Waals surface area contributed by atoms with Crippen LogP contribution in [0.3, 0.4) is 0 Å². The predicted octanol–water partition coefficient (Wildman–Crippen LogP) is 4.14. The quantitative estimate of drug-likeness (QED) is 0.542. The standard InChI is InChI=1S/C11H6N3O.C10H19NO.Y/c1-2-4-9-8(3-1)5-6-10(13-9)11-12-7-15-14-11;1-6-8(3)11(10(5)12)9(4)7-2;/h1-6H;6-9H,1-5H3;/q-1;-2;+3. The summed E-state index contributed by atoms with van der Waals surface area (Å²) in [4.78, 5) is 21.3. The Balaban J connectivity index is 0.000000279. The van der Waals surface area contributed by atoms with Crippen molar-refractivity contribution < 1.29 is 42.0 Å². The van der Waals surface area contributed by atoms with Gasteiger partial charge >= 0.3 is 32.7 Å². The van der Waals surface area contributed by atoms with Gasteiger partial charge in [-0.05, 0) is 6.07 Å². The van der Waals surface area contributed by atoms with E-state index in [1.54, 1.807) is 6.92 Å². The van der Waals surface area contributed by atoms with Crippen LogP contribution in [-0.2, 0) is 37.5 Å². The van der Waals surface area contributed by atoms with E-state index < -0.39 is 0 Å². The Morgan fingerprint density at radius 1 is 1.11 bits per heavy atom. The third-order valence-electron chi connectivity index (χ3n) is 4.36. The molecule has 2 heterocycles. The second kappa shape index (κ2) is 12.0. The summed E-state index contributed by atoms with van der Waals surface area (Å²) in [6.45, 7) is 9.62. The van der Waals surface area contributed by atoms with Gasteiger partial charge in [0.2, 0.25) is 5.91 Å². The van der Waals surface area contributed by atoms with Gasteiger partial charge in [0.15, 0.2) is 0 Å². The van der Waals surface area contributed by atoms with Crippen molar-refractivity contribution in [3.63, 3.8) is 0 Å². The number of hydrogen-bond donors (Lipinski definition) is 0. The molecule has 0 aliphatic carbocycles. The van der Waals surface area contributed by atoms with E-state index in [0.29, 0.717) is 11.5 Å². The van der Waals surface area contributed by atoms with Crippen molar-refractivity contribution in [1.29, 1.82) is 0 Å². The summed E-state index contributed by atoms with van der Waals surface area (Å²) in [5.41, 5.74) is 1.61. The molecule has 28 heavy (non-hydrogen) atoms. The summed E-state index contributed by atoms with van der Waals surface area (Å²) in [6.07, 6.45) is 6.36.